The first kappa shape index (κ1) is 29.9. The van der Waals surface area contributed by atoms with Crippen LogP contribution < -0.4 is 4.74 Å². The first-order chi connectivity index (χ1) is 20.0. The number of hydrogen-bond acceptors (Lipinski definition) is 9. The summed E-state index contributed by atoms with van der Waals surface area (Å²) in [5.41, 5.74) is 2.53. The summed E-state index contributed by atoms with van der Waals surface area (Å²) in [5, 5.41) is 15.1. The maximum absolute atomic E-state index is 13.4. The number of unbranched alkanes of at least 4 members (excludes halogenated alkanes) is 2. The minimum atomic E-state index is -0.0904. The molecule has 0 aliphatic carbocycles. The standard InChI is InChI=1S/C28H30Cl2N6O3S2/c29-21-6-7-22(23(30)18-21)19-5-8-24(39-15-12-35-10-13-38-14-11-35)20(16-19)17-25-27(37)36(28(40)41-25)9-3-1-2-4-26-31-33-34-32-26/h5-8,16-18H,1-4,9-15H2,(H,31,32,33,34). The van der Waals surface area contributed by atoms with E-state index in [2.05, 4.69) is 25.5 Å². The fourth-order valence-electron chi connectivity index (χ4n) is 4.65. The lowest BCUT2D eigenvalue weighted by Gasteiger charge is -2.26. The molecule has 2 saturated heterocycles. The Morgan fingerprint density at radius 1 is 1.10 bits per heavy atom. The predicted molar refractivity (Wildman–Crippen MR) is 166 cm³/mol. The molecule has 13 heteroatoms. The summed E-state index contributed by atoms with van der Waals surface area (Å²) in [6, 6.07) is 11.3. The first-order valence-electron chi connectivity index (χ1n) is 13.5. The number of aryl methyl sites for hydroxylation is 1. The third-order valence-corrected chi connectivity index (χ3v) is 8.78. The number of thioether (sulfide) groups is 1. The number of carbonyl (C=O) groups is 1. The van der Waals surface area contributed by atoms with Crippen LogP contribution in [0, 0.1) is 0 Å². The fourth-order valence-corrected chi connectivity index (χ4v) is 6.46. The third kappa shape index (κ3) is 8.06. The van der Waals surface area contributed by atoms with Crippen molar-refractivity contribution in [3.8, 4) is 16.9 Å². The molecular weight excluding hydrogens is 603 g/mol. The van der Waals surface area contributed by atoms with Crippen molar-refractivity contribution in [3.63, 3.8) is 0 Å². The Balaban J connectivity index is 1.29. The zero-order chi connectivity index (χ0) is 28.6. The zero-order valence-corrected chi connectivity index (χ0v) is 25.5. The number of benzene rings is 2. The van der Waals surface area contributed by atoms with Crippen LogP contribution in [0.1, 0.15) is 30.7 Å². The van der Waals surface area contributed by atoms with E-state index in [9.17, 15) is 4.79 Å². The van der Waals surface area contributed by atoms with E-state index in [1.807, 2.05) is 36.4 Å². The third-order valence-electron chi connectivity index (χ3n) is 6.85. The van der Waals surface area contributed by atoms with Crippen molar-refractivity contribution in [3.05, 3.63) is 62.7 Å². The Kier molecular flexibility index (Phi) is 10.6. The predicted octanol–water partition coefficient (Wildman–Crippen LogP) is 5.50. The van der Waals surface area contributed by atoms with Crippen LogP contribution >= 0.6 is 47.2 Å². The first-order valence-corrected chi connectivity index (χ1v) is 15.5. The van der Waals surface area contributed by atoms with E-state index >= 15 is 0 Å². The van der Waals surface area contributed by atoms with Gasteiger partial charge in [-0.1, -0.05) is 70.9 Å². The van der Waals surface area contributed by atoms with Crippen molar-refractivity contribution in [2.75, 3.05) is 46.0 Å². The maximum atomic E-state index is 13.4. The van der Waals surface area contributed by atoms with Crippen molar-refractivity contribution in [2.24, 2.45) is 0 Å². The van der Waals surface area contributed by atoms with E-state index in [0.29, 0.717) is 44.0 Å². The van der Waals surface area contributed by atoms with Gasteiger partial charge >= 0.3 is 0 Å². The van der Waals surface area contributed by atoms with Gasteiger partial charge in [0.05, 0.1) is 18.1 Å². The quantitative estimate of drug-likeness (QED) is 0.158. The second kappa shape index (κ2) is 14.6. The van der Waals surface area contributed by atoms with E-state index < -0.39 is 0 Å². The Morgan fingerprint density at radius 2 is 1.95 bits per heavy atom. The molecule has 0 unspecified atom stereocenters. The number of nitrogens with one attached hydrogen (secondary N) is 1. The number of halogens is 2. The highest BCUT2D eigenvalue weighted by Gasteiger charge is 2.31. The molecule has 9 nitrogen and oxygen atoms in total. The number of aromatic amines is 1. The number of nitrogens with zero attached hydrogens (tertiary/aromatic N) is 5. The molecule has 0 radical (unpaired) electrons. The minimum Gasteiger partial charge on any atom is -0.492 e. The van der Waals surface area contributed by atoms with Gasteiger partial charge in [0.2, 0.25) is 0 Å². The lowest BCUT2D eigenvalue weighted by molar-refractivity contribution is -0.122. The molecule has 0 spiro atoms. The number of morpholine rings is 1. The molecule has 1 N–H and O–H groups in total. The van der Waals surface area contributed by atoms with Crippen molar-refractivity contribution in [1.82, 2.24) is 30.4 Å². The molecule has 2 aliphatic heterocycles. The van der Waals surface area contributed by atoms with Gasteiger partial charge in [0.25, 0.3) is 5.91 Å². The number of ether oxygens (including phenoxy) is 2. The molecule has 2 aromatic carbocycles. The monoisotopic (exact) mass is 632 g/mol. The largest absolute Gasteiger partial charge is 0.492 e. The van der Waals surface area contributed by atoms with Crippen molar-refractivity contribution in [1.29, 1.82) is 0 Å². The number of H-pyrrole nitrogens is 1. The van der Waals surface area contributed by atoms with Crippen LogP contribution in [0.25, 0.3) is 17.2 Å². The van der Waals surface area contributed by atoms with Gasteiger partial charge in [-0.2, -0.15) is 5.21 Å². The molecule has 0 atom stereocenters. The van der Waals surface area contributed by atoms with Crippen LogP contribution in [0.15, 0.2) is 41.3 Å². The molecule has 1 aromatic heterocycles. The molecule has 0 bridgehead atoms. The number of thiocarbonyl (C=S) groups is 1. The Bertz CT molecular complexity index is 1400. The highest BCUT2D eigenvalue weighted by Crippen LogP contribution is 2.37. The van der Waals surface area contributed by atoms with Crippen LogP contribution in [0.2, 0.25) is 10.0 Å². The van der Waals surface area contributed by atoms with Crippen LogP contribution in [0.4, 0.5) is 0 Å². The van der Waals surface area contributed by atoms with Gasteiger partial charge in [0.1, 0.15) is 16.7 Å². The van der Waals surface area contributed by atoms with Crippen molar-refractivity contribution >= 4 is 63.5 Å². The second-order valence-corrected chi connectivity index (χ2v) is 12.2. The normalized spacial score (nSPS) is 17.1. The molecule has 2 fully saturated rings. The summed E-state index contributed by atoms with van der Waals surface area (Å²) < 4.78 is 12.2. The number of rotatable bonds is 12. The average Bonchev–Trinajstić information content (AvgIpc) is 3.58. The Labute approximate surface area is 258 Å². The van der Waals surface area contributed by atoms with Crippen LogP contribution in [0.5, 0.6) is 5.75 Å². The van der Waals surface area contributed by atoms with Gasteiger partial charge in [0, 0.05) is 53.8 Å². The van der Waals surface area contributed by atoms with Gasteiger partial charge in [-0.05, 0) is 48.7 Å². The smallest absolute Gasteiger partial charge is 0.266 e. The number of amides is 1. The molecule has 3 heterocycles. The SMILES string of the molecule is O=C1C(=Cc2cc(-c3ccc(Cl)cc3Cl)ccc2OCCN2CCOCC2)SC(=S)N1CCCCCc1nn[nH]n1. The highest BCUT2D eigenvalue weighted by molar-refractivity contribution is 8.26. The average molecular weight is 634 g/mol. The van der Waals surface area contributed by atoms with Gasteiger partial charge in [-0.3, -0.25) is 14.6 Å². The van der Waals surface area contributed by atoms with Crippen molar-refractivity contribution < 1.29 is 14.3 Å². The summed E-state index contributed by atoms with van der Waals surface area (Å²) in [6.07, 6.45) is 5.28. The summed E-state index contributed by atoms with van der Waals surface area (Å²) in [4.78, 5) is 17.9. The number of aromatic nitrogens is 4. The van der Waals surface area contributed by atoms with Crippen LogP contribution in [0.3, 0.4) is 0 Å². The molecule has 41 heavy (non-hydrogen) atoms. The second-order valence-electron chi connectivity index (χ2n) is 9.65. The van der Waals surface area contributed by atoms with Gasteiger partial charge in [-0.25, -0.2) is 0 Å². The highest BCUT2D eigenvalue weighted by atomic mass is 35.5. The summed E-state index contributed by atoms with van der Waals surface area (Å²) in [6.45, 7) is 5.14. The summed E-state index contributed by atoms with van der Waals surface area (Å²) in [5.74, 6) is 1.30. The topological polar surface area (TPSA) is 96.5 Å². The molecule has 0 saturated carbocycles. The lowest BCUT2D eigenvalue weighted by Crippen LogP contribution is -2.38. The summed E-state index contributed by atoms with van der Waals surface area (Å²) in [7, 11) is 0. The van der Waals surface area contributed by atoms with Crippen LogP contribution in [-0.4, -0.2) is 86.7 Å². The molecule has 3 aromatic rings. The number of tetrazole rings is 1. The summed E-state index contributed by atoms with van der Waals surface area (Å²) >= 11 is 19.5. The lowest BCUT2D eigenvalue weighted by atomic mass is 10.0. The van der Waals surface area contributed by atoms with Gasteiger partial charge in [0.15, 0.2) is 5.82 Å². The zero-order valence-electron chi connectivity index (χ0n) is 22.4. The number of hydrogen-bond donors (Lipinski definition) is 1. The number of carbonyl (C=O) groups excluding carboxylic acids is 1. The van der Waals surface area contributed by atoms with E-state index in [4.69, 9.17) is 44.9 Å². The van der Waals surface area contributed by atoms with E-state index in [0.717, 1.165) is 75.2 Å². The molecule has 5 rings (SSSR count). The van der Waals surface area contributed by atoms with E-state index in [1.54, 1.807) is 11.0 Å². The molecule has 1 amide bonds. The molecule has 2 aliphatic rings. The fraction of sp³-hybridized carbons (Fsp3) is 0.393. The molecule has 216 valence electrons. The van der Waals surface area contributed by atoms with Crippen LogP contribution in [-0.2, 0) is 16.0 Å². The molecular formula is C28H30Cl2N6O3S2. The Morgan fingerprint density at radius 3 is 2.73 bits per heavy atom. The van der Waals surface area contributed by atoms with Crippen molar-refractivity contribution in [2.45, 2.75) is 25.7 Å². The Hall–Kier alpha value is -2.54. The van der Waals surface area contributed by atoms with E-state index in [1.165, 1.54) is 11.8 Å². The van der Waals surface area contributed by atoms with E-state index in [-0.39, 0.29) is 5.91 Å². The van der Waals surface area contributed by atoms with Gasteiger partial charge < -0.3 is 9.47 Å². The van der Waals surface area contributed by atoms with Gasteiger partial charge in [-0.15, -0.1) is 10.2 Å². The minimum absolute atomic E-state index is 0.0904. The maximum Gasteiger partial charge on any atom is 0.266 e.